The number of hydrogen-bond acceptors (Lipinski definition) is 5. The van der Waals surface area contributed by atoms with E-state index in [1.165, 1.54) is 0 Å². The normalized spacial score (nSPS) is 28.7. The predicted octanol–water partition coefficient (Wildman–Crippen LogP) is 0.310. The Morgan fingerprint density at radius 3 is 2.90 bits per heavy atom. The number of thiazole rings is 1. The third-order valence-electron chi connectivity index (χ3n) is 4.46. The molecule has 7 heteroatoms. The molecule has 3 atom stereocenters. The highest BCUT2D eigenvalue weighted by molar-refractivity contribution is 7.09. The Hall–Kier alpha value is -1.47. The Labute approximate surface area is 128 Å². The molecule has 0 saturated carbocycles. The summed E-state index contributed by atoms with van der Waals surface area (Å²) in [6.07, 6.45) is 2.58. The average molecular weight is 308 g/mol. The standard InChI is InChI=1S/C14H20N4O2S/c1-9(19)18-11(14(20)15-2)5-10-6-17(7-12(10)18)8-13-16-3-4-21-13/h3-4,10-12H,5-8H2,1-2H3,(H,15,20)/t10-,11-,12+/m1/s1. The molecule has 1 N–H and O–H groups in total. The van der Waals surface area contributed by atoms with Crippen molar-refractivity contribution in [2.45, 2.75) is 32.0 Å². The summed E-state index contributed by atoms with van der Waals surface area (Å²) in [6.45, 7) is 4.15. The molecule has 21 heavy (non-hydrogen) atoms. The Morgan fingerprint density at radius 1 is 1.48 bits per heavy atom. The van der Waals surface area contributed by atoms with E-state index in [4.69, 9.17) is 0 Å². The zero-order valence-corrected chi connectivity index (χ0v) is 13.1. The van der Waals surface area contributed by atoms with Crippen molar-refractivity contribution in [3.8, 4) is 0 Å². The number of nitrogens with one attached hydrogen (secondary N) is 1. The van der Waals surface area contributed by atoms with Crippen molar-refractivity contribution >= 4 is 23.2 Å². The van der Waals surface area contributed by atoms with Crippen LogP contribution in [0.15, 0.2) is 11.6 Å². The highest BCUT2D eigenvalue weighted by atomic mass is 32.1. The largest absolute Gasteiger partial charge is 0.357 e. The number of carbonyl (C=O) groups excluding carboxylic acids is 2. The van der Waals surface area contributed by atoms with Gasteiger partial charge in [0.2, 0.25) is 11.8 Å². The fraction of sp³-hybridized carbons (Fsp3) is 0.643. The maximum absolute atomic E-state index is 12.0. The van der Waals surface area contributed by atoms with E-state index in [0.29, 0.717) is 5.92 Å². The van der Waals surface area contributed by atoms with Crippen molar-refractivity contribution in [2.24, 2.45) is 5.92 Å². The molecule has 0 aliphatic carbocycles. The van der Waals surface area contributed by atoms with Crippen molar-refractivity contribution < 1.29 is 9.59 Å². The van der Waals surface area contributed by atoms with Gasteiger partial charge in [0, 0.05) is 44.7 Å². The van der Waals surface area contributed by atoms with Gasteiger partial charge in [-0.2, -0.15) is 0 Å². The molecule has 0 spiro atoms. The smallest absolute Gasteiger partial charge is 0.242 e. The molecule has 2 aliphatic rings. The van der Waals surface area contributed by atoms with Crippen LogP contribution in [0.1, 0.15) is 18.4 Å². The molecule has 2 saturated heterocycles. The van der Waals surface area contributed by atoms with Crippen LogP contribution in [0.2, 0.25) is 0 Å². The van der Waals surface area contributed by atoms with Crippen LogP contribution in [0.3, 0.4) is 0 Å². The predicted molar refractivity (Wildman–Crippen MR) is 79.7 cm³/mol. The van der Waals surface area contributed by atoms with Crippen molar-refractivity contribution in [1.82, 2.24) is 20.1 Å². The van der Waals surface area contributed by atoms with Gasteiger partial charge in [0.05, 0.1) is 6.54 Å². The minimum atomic E-state index is -0.301. The number of amides is 2. The van der Waals surface area contributed by atoms with Gasteiger partial charge in [-0.3, -0.25) is 14.5 Å². The molecule has 3 heterocycles. The maximum Gasteiger partial charge on any atom is 0.242 e. The summed E-state index contributed by atoms with van der Waals surface area (Å²) in [5, 5.41) is 5.76. The highest BCUT2D eigenvalue weighted by Gasteiger charge is 2.49. The molecule has 0 bridgehead atoms. The minimum absolute atomic E-state index is 0.00722. The molecule has 0 radical (unpaired) electrons. The van der Waals surface area contributed by atoms with Crippen LogP contribution in [0, 0.1) is 5.92 Å². The number of hydrogen-bond donors (Lipinski definition) is 1. The lowest BCUT2D eigenvalue weighted by Gasteiger charge is -2.28. The monoisotopic (exact) mass is 308 g/mol. The van der Waals surface area contributed by atoms with E-state index in [1.807, 2.05) is 11.6 Å². The number of fused-ring (bicyclic) bond motifs is 1. The molecule has 2 aliphatic heterocycles. The van der Waals surface area contributed by atoms with Crippen LogP contribution in [-0.4, -0.2) is 58.8 Å². The van der Waals surface area contributed by atoms with Crippen LogP contribution < -0.4 is 5.32 Å². The molecular formula is C14H20N4O2S. The molecule has 2 fully saturated rings. The van der Waals surface area contributed by atoms with E-state index in [9.17, 15) is 9.59 Å². The lowest BCUT2D eigenvalue weighted by Crippen LogP contribution is -2.49. The lowest BCUT2D eigenvalue weighted by atomic mass is 10.0. The van der Waals surface area contributed by atoms with Gasteiger partial charge in [-0.15, -0.1) is 11.3 Å². The Bertz CT molecular complexity index is 533. The van der Waals surface area contributed by atoms with E-state index < -0.39 is 0 Å². The third kappa shape index (κ3) is 2.67. The van der Waals surface area contributed by atoms with Gasteiger partial charge in [0.1, 0.15) is 11.0 Å². The van der Waals surface area contributed by atoms with Crippen LogP contribution in [0.5, 0.6) is 0 Å². The molecule has 1 aromatic rings. The lowest BCUT2D eigenvalue weighted by molar-refractivity contribution is -0.138. The molecule has 2 amide bonds. The summed E-state index contributed by atoms with van der Waals surface area (Å²) >= 11 is 1.66. The number of rotatable bonds is 3. The van der Waals surface area contributed by atoms with Gasteiger partial charge in [-0.25, -0.2) is 4.98 Å². The Morgan fingerprint density at radius 2 is 2.29 bits per heavy atom. The van der Waals surface area contributed by atoms with E-state index in [0.717, 1.165) is 31.1 Å². The van der Waals surface area contributed by atoms with E-state index in [1.54, 1.807) is 30.2 Å². The van der Waals surface area contributed by atoms with Gasteiger partial charge in [-0.05, 0) is 12.3 Å². The van der Waals surface area contributed by atoms with Crippen LogP contribution in [0.25, 0.3) is 0 Å². The summed E-state index contributed by atoms with van der Waals surface area (Å²) < 4.78 is 0. The molecule has 114 valence electrons. The zero-order valence-electron chi connectivity index (χ0n) is 12.3. The minimum Gasteiger partial charge on any atom is -0.357 e. The highest BCUT2D eigenvalue weighted by Crippen LogP contribution is 2.36. The van der Waals surface area contributed by atoms with E-state index >= 15 is 0 Å². The first-order chi connectivity index (χ1) is 10.1. The van der Waals surface area contributed by atoms with Gasteiger partial charge >= 0.3 is 0 Å². The maximum atomic E-state index is 12.0. The quantitative estimate of drug-likeness (QED) is 0.873. The van der Waals surface area contributed by atoms with Crippen LogP contribution >= 0.6 is 11.3 Å². The van der Waals surface area contributed by atoms with E-state index in [2.05, 4.69) is 15.2 Å². The second-order valence-electron chi connectivity index (χ2n) is 5.74. The molecule has 1 aromatic heterocycles. The van der Waals surface area contributed by atoms with Gasteiger partial charge in [0.15, 0.2) is 0 Å². The number of likely N-dealkylation sites (tertiary alicyclic amines) is 2. The topological polar surface area (TPSA) is 65.5 Å². The van der Waals surface area contributed by atoms with Crippen LogP contribution in [-0.2, 0) is 16.1 Å². The Balaban J connectivity index is 1.70. The first-order valence-electron chi connectivity index (χ1n) is 7.21. The second kappa shape index (κ2) is 5.73. The molecular weight excluding hydrogens is 288 g/mol. The first kappa shape index (κ1) is 14.5. The van der Waals surface area contributed by atoms with Crippen molar-refractivity contribution in [2.75, 3.05) is 20.1 Å². The fourth-order valence-corrected chi connectivity index (χ4v) is 4.28. The Kier molecular flexibility index (Phi) is 3.95. The second-order valence-corrected chi connectivity index (χ2v) is 6.72. The molecule has 0 unspecified atom stereocenters. The van der Waals surface area contributed by atoms with Crippen molar-refractivity contribution in [3.63, 3.8) is 0 Å². The van der Waals surface area contributed by atoms with Gasteiger partial charge < -0.3 is 10.2 Å². The summed E-state index contributed by atoms with van der Waals surface area (Å²) in [6, 6.07) is -0.144. The van der Waals surface area contributed by atoms with Gasteiger partial charge in [0.25, 0.3) is 0 Å². The number of likely N-dealkylation sites (N-methyl/N-ethyl adjacent to an activating group) is 1. The van der Waals surface area contributed by atoms with Gasteiger partial charge in [-0.1, -0.05) is 0 Å². The van der Waals surface area contributed by atoms with Crippen molar-refractivity contribution in [1.29, 1.82) is 0 Å². The summed E-state index contributed by atoms with van der Waals surface area (Å²) in [5.74, 6) is 0.328. The van der Waals surface area contributed by atoms with E-state index in [-0.39, 0.29) is 23.9 Å². The van der Waals surface area contributed by atoms with Crippen molar-refractivity contribution in [3.05, 3.63) is 16.6 Å². The van der Waals surface area contributed by atoms with Crippen LogP contribution in [0.4, 0.5) is 0 Å². The fourth-order valence-electron chi connectivity index (χ4n) is 3.62. The zero-order chi connectivity index (χ0) is 15.0. The number of nitrogens with zero attached hydrogens (tertiary/aromatic N) is 3. The summed E-state index contributed by atoms with van der Waals surface area (Å²) in [7, 11) is 1.63. The third-order valence-corrected chi connectivity index (χ3v) is 5.22. The summed E-state index contributed by atoms with van der Waals surface area (Å²) in [5.41, 5.74) is 0. The molecule has 3 rings (SSSR count). The average Bonchev–Trinajstić information content (AvgIpc) is 3.12. The number of carbonyl (C=O) groups is 2. The first-order valence-corrected chi connectivity index (χ1v) is 8.09. The number of aromatic nitrogens is 1. The SMILES string of the molecule is CNC(=O)[C@H]1C[C@@H]2CN(Cc3nccs3)C[C@@H]2N1C(C)=O. The summed E-state index contributed by atoms with van der Waals surface area (Å²) in [4.78, 5) is 32.4. The molecule has 0 aromatic carbocycles. The molecule has 6 nitrogen and oxygen atoms in total.